The Hall–Kier alpha value is -3.00. The van der Waals surface area contributed by atoms with E-state index in [1.165, 1.54) is 4.88 Å². The Balaban J connectivity index is 1.28. The van der Waals surface area contributed by atoms with Gasteiger partial charge in [-0.1, -0.05) is 5.21 Å². The van der Waals surface area contributed by atoms with Gasteiger partial charge in [0.15, 0.2) is 5.13 Å². The van der Waals surface area contributed by atoms with Gasteiger partial charge in [0.2, 0.25) is 0 Å². The molecule has 1 aliphatic heterocycles. The number of aromatic nitrogens is 6. The highest BCUT2D eigenvalue weighted by Gasteiger charge is 2.37. The first-order valence-electron chi connectivity index (χ1n) is 10.3. The summed E-state index contributed by atoms with van der Waals surface area (Å²) in [4.78, 5) is 19.4. The Kier molecular flexibility index (Phi) is 6.65. The molecule has 0 aliphatic carbocycles. The molecule has 2 atom stereocenters. The molecule has 0 radical (unpaired) electrons. The van der Waals surface area contributed by atoms with Crippen molar-refractivity contribution >= 4 is 22.2 Å². The Morgan fingerprint density at radius 3 is 2.94 bits per heavy atom. The van der Waals surface area contributed by atoms with Gasteiger partial charge in [0.25, 0.3) is 5.56 Å². The molecule has 1 saturated heterocycles. The average molecular weight is 485 g/mol. The maximum absolute atomic E-state index is 13.1. The second-order valence-electron chi connectivity index (χ2n) is 7.88. The van der Waals surface area contributed by atoms with Gasteiger partial charge in [-0.25, -0.2) is 14.8 Å². The van der Waals surface area contributed by atoms with Crippen LogP contribution in [0.3, 0.4) is 0 Å². The number of aryl methyl sites for hydroxylation is 1. The third-order valence-corrected chi connectivity index (χ3v) is 6.11. The standard InChI is InChI=1S/C19H23F3N8O2S/c1-11(25-15-6-24-27-17(31)16(15)19(20,21)22)9-32-10-13-7-30(28-26-13)14-3-4-29(8-14)18-23-5-12(2)33-18/h5-7,11,14H,3-4,8-10H2,1-2H3,(H2,25,27,31). The van der Waals surface area contributed by atoms with Crippen LogP contribution in [0.15, 0.2) is 23.4 Å². The lowest BCUT2D eigenvalue weighted by Gasteiger charge is -2.18. The van der Waals surface area contributed by atoms with Gasteiger partial charge < -0.3 is 15.0 Å². The molecule has 3 aromatic rings. The van der Waals surface area contributed by atoms with Crippen molar-refractivity contribution in [3.05, 3.63) is 45.1 Å². The molecule has 2 unspecified atom stereocenters. The number of thiazole rings is 1. The molecule has 0 amide bonds. The summed E-state index contributed by atoms with van der Waals surface area (Å²) in [6, 6.07) is -0.324. The first-order valence-corrected chi connectivity index (χ1v) is 11.1. The molecular weight excluding hydrogens is 461 g/mol. The number of nitrogens with one attached hydrogen (secondary N) is 2. The lowest BCUT2D eigenvalue weighted by Crippen LogP contribution is -2.29. The molecule has 178 valence electrons. The average Bonchev–Trinajstić information content (AvgIpc) is 3.47. The zero-order valence-corrected chi connectivity index (χ0v) is 18.8. The predicted molar refractivity (Wildman–Crippen MR) is 115 cm³/mol. The quantitative estimate of drug-likeness (QED) is 0.502. The summed E-state index contributed by atoms with van der Waals surface area (Å²) in [5, 5.41) is 17.2. The van der Waals surface area contributed by atoms with Crippen molar-refractivity contribution in [1.29, 1.82) is 0 Å². The van der Waals surface area contributed by atoms with Gasteiger partial charge in [-0.2, -0.15) is 18.3 Å². The number of alkyl halides is 3. The second kappa shape index (κ2) is 9.47. The van der Waals surface area contributed by atoms with Crippen molar-refractivity contribution in [2.45, 2.75) is 45.1 Å². The second-order valence-corrected chi connectivity index (χ2v) is 9.09. The summed E-state index contributed by atoms with van der Waals surface area (Å²) < 4.78 is 46.8. The molecule has 1 aliphatic rings. The maximum Gasteiger partial charge on any atom is 0.423 e. The Labute approximate surface area is 190 Å². The lowest BCUT2D eigenvalue weighted by molar-refractivity contribution is -0.138. The van der Waals surface area contributed by atoms with Gasteiger partial charge >= 0.3 is 6.18 Å². The van der Waals surface area contributed by atoms with E-state index in [1.54, 1.807) is 23.4 Å². The van der Waals surface area contributed by atoms with E-state index >= 15 is 0 Å². The number of rotatable bonds is 8. The normalized spacial score (nSPS) is 17.5. The molecule has 3 aromatic heterocycles. The van der Waals surface area contributed by atoms with Gasteiger partial charge in [-0.05, 0) is 20.3 Å². The van der Waals surface area contributed by atoms with Crippen LogP contribution >= 0.6 is 11.3 Å². The number of hydrogen-bond donors (Lipinski definition) is 2. The van der Waals surface area contributed by atoms with E-state index in [0.717, 1.165) is 30.8 Å². The third-order valence-electron chi connectivity index (χ3n) is 5.13. The molecule has 0 spiro atoms. The molecule has 2 N–H and O–H groups in total. The first-order chi connectivity index (χ1) is 15.7. The summed E-state index contributed by atoms with van der Waals surface area (Å²) in [6.07, 6.45) is 0.748. The van der Waals surface area contributed by atoms with Crippen LogP contribution in [-0.2, 0) is 17.5 Å². The highest BCUT2D eigenvalue weighted by atomic mass is 32.1. The number of hydrogen-bond acceptors (Lipinski definition) is 9. The van der Waals surface area contributed by atoms with Crippen molar-refractivity contribution in [2.24, 2.45) is 0 Å². The summed E-state index contributed by atoms with van der Waals surface area (Å²) in [6.45, 7) is 5.62. The largest absolute Gasteiger partial charge is 0.423 e. The number of aromatic amines is 1. The van der Waals surface area contributed by atoms with Crippen LogP contribution in [0.25, 0.3) is 0 Å². The highest BCUT2D eigenvalue weighted by molar-refractivity contribution is 7.15. The van der Waals surface area contributed by atoms with E-state index in [9.17, 15) is 18.0 Å². The molecule has 10 nitrogen and oxygen atoms in total. The predicted octanol–water partition coefficient (Wildman–Crippen LogP) is 2.61. The van der Waals surface area contributed by atoms with Crippen molar-refractivity contribution in [1.82, 2.24) is 30.2 Å². The zero-order chi connectivity index (χ0) is 23.6. The number of H-pyrrole nitrogens is 1. The SMILES string of the molecule is Cc1cnc(N2CCC(n3cc(COCC(C)Nc4cn[nH]c(=O)c4C(F)(F)F)nn3)C2)s1. The fourth-order valence-corrected chi connectivity index (χ4v) is 4.41. The van der Waals surface area contributed by atoms with Crippen molar-refractivity contribution in [2.75, 3.05) is 29.9 Å². The molecular formula is C19H23F3N8O2S. The van der Waals surface area contributed by atoms with E-state index in [1.807, 2.05) is 24.0 Å². The Morgan fingerprint density at radius 2 is 2.21 bits per heavy atom. The van der Waals surface area contributed by atoms with E-state index in [2.05, 4.69) is 30.6 Å². The number of anilines is 2. The molecule has 14 heteroatoms. The highest BCUT2D eigenvalue weighted by Crippen LogP contribution is 2.32. The van der Waals surface area contributed by atoms with Crippen LogP contribution in [0.4, 0.5) is 24.0 Å². The van der Waals surface area contributed by atoms with Crippen molar-refractivity contribution in [3.8, 4) is 0 Å². The first kappa shape index (κ1) is 23.2. The minimum Gasteiger partial charge on any atom is -0.378 e. The Morgan fingerprint density at radius 1 is 1.39 bits per heavy atom. The van der Waals surface area contributed by atoms with Crippen LogP contribution < -0.4 is 15.8 Å². The number of ether oxygens (including phenoxy) is 1. The molecule has 4 heterocycles. The molecule has 0 bridgehead atoms. The molecule has 4 rings (SSSR count). The lowest BCUT2D eigenvalue weighted by atomic mass is 10.2. The topological polar surface area (TPSA) is 114 Å². The van der Waals surface area contributed by atoms with E-state index in [4.69, 9.17) is 4.74 Å². The van der Waals surface area contributed by atoms with Crippen molar-refractivity contribution < 1.29 is 17.9 Å². The number of halogens is 3. The van der Waals surface area contributed by atoms with E-state index < -0.39 is 29.0 Å². The molecule has 0 saturated carbocycles. The Bertz CT molecular complexity index is 1140. The fourth-order valence-electron chi connectivity index (χ4n) is 3.61. The summed E-state index contributed by atoms with van der Waals surface area (Å²) in [5.41, 5.74) is -2.38. The number of nitrogens with zero attached hydrogens (tertiary/aromatic N) is 6. The van der Waals surface area contributed by atoms with Gasteiger partial charge in [0.1, 0.15) is 11.3 Å². The summed E-state index contributed by atoms with van der Waals surface area (Å²) >= 11 is 1.66. The van der Waals surface area contributed by atoms with Gasteiger partial charge in [-0.15, -0.1) is 16.4 Å². The van der Waals surface area contributed by atoms with Crippen LogP contribution in [0.5, 0.6) is 0 Å². The van der Waals surface area contributed by atoms with Crippen molar-refractivity contribution in [3.63, 3.8) is 0 Å². The molecule has 33 heavy (non-hydrogen) atoms. The van der Waals surface area contributed by atoms with Crippen LogP contribution in [0.1, 0.15) is 35.5 Å². The monoisotopic (exact) mass is 484 g/mol. The summed E-state index contributed by atoms with van der Waals surface area (Å²) in [7, 11) is 0. The van der Waals surface area contributed by atoms with E-state index in [0.29, 0.717) is 5.69 Å². The smallest absolute Gasteiger partial charge is 0.378 e. The van der Waals surface area contributed by atoms with E-state index in [-0.39, 0.29) is 19.3 Å². The minimum absolute atomic E-state index is 0.0948. The van der Waals surface area contributed by atoms with Gasteiger partial charge in [0.05, 0.1) is 37.3 Å². The third kappa shape index (κ3) is 5.50. The fraction of sp³-hybridized carbons (Fsp3) is 0.526. The molecule has 1 fully saturated rings. The summed E-state index contributed by atoms with van der Waals surface area (Å²) in [5.74, 6) is 0. The van der Waals surface area contributed by atoms with Crippen LogP contribution in [0, 0.1) is 6.92 Å². The minimum atomic E-state index is -4.80. The van der Waals surface area contributed by atoms with Crippen LogP contribution in [0.2, 0.25) is 0 Å². The molecule has 0 aromatic carbocycles. The maximum atomic E-state index is 13.1. The van der Waals surface area contributed by atoms with Crippen LogP contribution in [-0.4, -0.2) is 55.9 Å². The van der Waals surface area contributed by atoms with Gasteiger partial charge in [-0.3, -0.25) is 4.79 Å². The van der Waals surface area contributed by atoms with Gasteiger partial charge in [0, 0.05) is 30.2 Å². The zero-order valence-electron chi connectivity index (χ0n) is 18.0.